The fraction of sp³-hybridized carbons (Fsp3) is 0.708. The van der Waals surface area contributed by atoms with Crippen LogP contribution in [0.3, 0.4) is 0 Å². The van der Waals surface area contributed by atoms with E-state index in [0.717, 1.165) is 64.9 Å². The molecule has 160 valence electrons. The number of piperazine rings is 2. The van der Waals surface area contributed by atoms with Crippen LogP contribution in [0.25, 0.3) is 0 Å². The topological polar surface area (TPSA) is 30.0 Å². The zero-order valence-electron chi connectivity index (χ0n) is 18.4. The normalized spacial score (nSPS) is 22.4. The van der Waals surface area contributed by atoms with Gasteiger partial charge < -0.3 is 9.80 Å². The Kier molecular flexibility index (Phi) is 6.76. The van der Waals surface area contributed by atoms with Gasteiger partial charge in [-0.15, -0.1) is 0 Å². The van der Waals surface area contributed by atoms with Crippen molar-refractivity contribution in [2.24, 2.45) is 0 Å². The number of hydrogen-bond donors (Lipinski definition) is 0. The molecule has 0 atom stereocenters. The Morgan fingerprint density at radius 2 is 1.52 bits per heavy atom. The van der Waals surface area contributed by atoms with E-state index in [-0.39, 0.29) is 0 Å². The molecule has 1 aromatic rings. The summed E-state index contributed by atoms with van der Waals surface area (Å²) in [6.07, 6.45) is 6.18. The molecule has 3 fully saturated rings. The Labute approximate surface area is 176 Å². The number of amides is 1. The molecule has 2 aliphatic heterocycles. The van der Waals surface area contributed by atoms with E-state index < -0.39 is 0 Å². The lowest BCUT2D eigenvalue weighted by atomic mass is 10.1. The van der Waals surface area contributed by atoms with Crippen molar-refractivity contribution in [3.05, 3.63) is 29.3 Å². The zero-order chi connectivity index (χ0) is 20.2. The minimum Gasteiger partial charge on any atom is -0.369 e. The summed E-state index contributed by atoms with van der Waals surface area (Å²) in [5.74, 6) is 0.355. The highest BCUT2D eigenvalue weighted by Gasteiger charge is 2.28. The van der Waals surface area contributed by atoms with Gasteiger partial charge in [-0.2, -0.15) is 0 Å². The van der Waals surface area contributed by atoms with Crippen molar-refractivity contribution in [3.63, 3.8) is 0 Å². The first-order valence-electron chi connectivity index (χ1n) is 11.7. The van der Waals surface area contributed by atoms with Crippen LogP contribution in [0.15, 0.2) is 18.2 Å². The number of para-hydroxylation sites is 1. The van der Waals surface area contributed by atoms with Crippen LogP contribution in [0.5, 0.6) is 0 Å². The Balaban J connectivity index is 1.18. The van der Waals surface area contributed by atoms with E-state index in [1.807, 2.05) is 0 Å². The van der Waals surface area contributed by atoms with E-state index in [1.165, 1.54) is 42.5 Å². The summed E-state index contributed by atoms with van der Waals surface area (Å²) in [6, 6.07) is 7.35. The standard InChI is InChI=1S/C24H38N4O/c1-20-6-5-7-21(2)24(20)28-14-12-25(13-15-28)11-10-23(29)27-18-16-26(17-19-27)22-8-3-4-9-22/h5-7,22H,3-4,8-19H2,1-2H3. The summed E-state index contributed by atoms with van der Waals surface area (Å²) < 4.78 is 0. The van der Waals surface area contributed by atoms with Crippen LogP contribution >= 0.6 is 0 Å². The van der Waals surface area contributed by atoms with Crippen LogP contribution in [-0.4, -0.2) is 85.6 Å². The quantitative estimate of drug-likeness (QED) is 0.763. The van der Waals surface area contributed by atoms with Gasteiger partial charge in [-0.3, -0.25) is 14.6 Å². The lowest BCUT2D eigenvalue weighted by molar-refractivity contribution is -0.133. The molecule has 29 heavy (non-hydrogen) atoms. The van der Waals surface area contributed by atoms with Gasteiger partial charge in [0, 0.05) is 77.1 Å². The van der Waals surface area contributed by atoms with Gasteiger partial charge in [-0.05, 0) is 37.8 Å². The lowest BCUT2D eigenvalue weighted by Gasteiger charge is -2.39. The highest BCUT2D eigenvalue weighted by molar-refractivity contribution is 5.76. The second-order valence-electron chi connectivity index (χ2n) is 9.17. The molecular formula is C24H38N4O. The van der Waals surface area contributed by atoms with Gasteiger partial charge in [0.2, 0.25) is 5.91 Å². The molecule has 2 heterocycles. The summed E-state index contributed by atoms with van der Waals surface area (Å²) in [6.45, 7) is 13.5. The molecule has 0 bridgehead atoms. The number of benzene rings is 1. The maximum absolute atomic E-state index is 12.7. The Hall–Kier alpha value is -1.59. The predicted octanol–water partition coefficient (Wildman–Crippen LogP) is 2.90. The molecule has 0 unspecified atom stereocenters. The molecule has 1 aliphatic carbocycles. The lowest BCUT2D eigenvalue weighted by Crippen LogP contribution is -2.52. The van der Waals surface area contributed by atoms with Crippen LogP contribution in [0, 0.1) is 13.8 Å². The fourth-order valence-corrected chi connectivity index (χ4v) is 5.52. The number of anilines is 1. The minimum atomic E-state index is 0.355. The molecule has 5 nitrogen and oxygen atoms in total. The Morgan fingerprint density at radius 3 is 2.14 bits per heavy atom. The maximum atomic E-state index is 12.7. The molecule has 0 aromatic heterocycles. The third kappa shape index (κ3) is 4.95. The average Bonchev–Trinajstić information content (AvgIpc) is 3.28. The summed E-state index contributed by atoms with van der Waals surface area (Å²) >= 11 is 0. The Morgan fingerprint density at radius 1 is 0.897 bits per heavy atom. The smallest absolute Gasteiger partial charge is 0.223 e. The molecule has 1 saturated carbocycles. The third-order valence-corrected chi connectivity index (χ3v) is 7.28. The van der Waals surface area contributed by atoms with Gasteiger partial charge >= 0.3 is 0 Å². The second-order valence-corrected chi connectivity index (χ2v) is 9.17. The van der Waals surface area contributed by atoms with Crippen molar-refractivity contribution in [1.29, 1.82) is 0 Å². The first kappa shape index (κ1) is 20.7. The molecule has 0 radical (unpaired) electrons. The highest BCUT2D eigenvalue weighted by atomic mass is 16.2. The van der Waals surface area contributed by atoms with Gasteiger partial charge in [-0.25, -0.2) is 0 Å². The van der Waals surface area contributed by atoms with Gasteiger partial charge in [0.25, 0.3) is 0 Å². The largest absolute Gasteiger partial charge is 0.369 e. The van der Waals surface area contributed by atoms with Crippen LogP contribution in [0.2, 0.25) is 0 Å². The maximum Gasteiger partial charge on any atom is 0.223 e. The van der Waals surface area contributed by atoms with Gasteiger partial charge in [0.15, 0.2) is 0 Å². The van der Waals surface area contributed by atoms with Crippen LogP contribution in [0.4, 0.5) is 5.69 Å². The summed E-state index contributed by atoms with van der Waals surface area (Å²) in [5.41, 5.74) is 4.14. The van der Waals surface area contributed by atoms with E-state index in [9.17, 15) is 4.79 Å². The van der Waals surface area contributed by atoms with Crippen molar-refractivity contribution >= 4 is 11.6 Å². The number of nitrogens with zero attached hydrogens (tertiary/aromatic N) is 4. The molecule has 1 amide bonds. The Bertz CT molecular complexity index is 664. The summed E-state index contributed by atoms with van der Waals surface area (Å²) in [5, 5.41) is 0. The monoisotopic (exact) mass is 398 g/mol. The number of aryl methyl sites for hydroxylation is 2. The fourth-order valence-electron chi connectivity index (χ4n) is 5.52. The van der Waals surface area contributed by atoms with E-state index in [2.05, 4.69) is 51.6 Å². The van der Waals surface area contributed by atoms with Crippen molar-refractivity contribution in [1.82, 2.24) is 14.7 Å². The zero-order valence-corrected chi connectivity index (χ0v) is 18.4. The van der Waals surface area contributed by atoms with Crippen molar-refractivity contribution in [2.45, 2.75) is 52.0 Å². The molecular weight excluding hydrogens is 360 g/mol. The SMILES string of the molecule is Cc1cccc(C)c1N1CCN(CCC(=O)N2CCN(C3CCCC3)CC2)CC1. The van der Waals surface area contributed by atoms with Crippen molar-refractivity contribution in [2.75, 3.05) is 63.8 Å². The molecule has 2 saturated heterocycles. The molecule has 0 N–H and O–H groups in total. The second kappa shape index (κ2) is 9.48. The molecule has 4 rings (SSSR count). The first-order valence-corrected chi connectivity index (χ1v) is 11.7. The molecule has 0 spiro atoms. The van der Waals surface area contributed by atoms with Crippen LogP contribution < -0.4 is 4.90 Å². The third-order valence-electron chi connectivity index (χ3n) is 7.28. The molecule has 5 heteroatoms. The van der Waals surface area contributed by atoms with Crippen molar-refractivity contribution in [3.8, 4) is 0 Å². The predicted molar refractivity (Wildman–Crippen MR) is 120 cm³/mol. The highest BCUT2D eigenvalue weighted by Crippen LogP contribution is 2.26. The summed E-state index contributed by atoms with van der Waals surface area (Å²) in [4.78, 5) is 22.4. The number of carbonyl (C=O) groups is 1. The van der Waals surface area contributed by atoms with E-state index in [1.54, 1.807) is 0 Å². The number of carbonyl (C=O) groups excluding carboxylic acids is 1. The minimum absolute atomic E-state index is 0.355. The summed E-state index contributed by atoms with van der Waals surface area (Å²) in [7, 11) is 0. The van der Waals surface area contributed by atoms with E-state index in [4.69, 9.17) is 0 Å². The number of rotatable bonds is 5. The van der Waals surface area contributed by atoms with Crippen LogP contribution in [-0.2, 0) is 4.79 Å². The average molecular weight is 399 g/mol. The first-order chi connectivity index (χ1) is 14.1. The van der Waals surface area contributed by atoms with Crippen LogP contribution in [0.1, 0.15) is 43.2 Å². The van der Waals surface area contributed by atoms with Gasteiger partial charge in [0.05, 0.1) is 0 Å². The number of hydrogen-bond acceptors (Lipinski definition) is 4. The van der Waals surface area contributed by atoms with Gasteiger partial charge in [0.1, 0.15) is 0 Å². The molecule has 3 aliphatic rings. The van der Waals surface area contributed by atoms with Crippen molar-refractivity contribution < 1.29 is 4.79 Å². The van der Waals surface area contributed by atoms with E-state index in [0.29, 0.717) is 12.3 Å². The molecule has 1 aromatic carbocycles. The van der Waals surface area contributed by atoms with Gasteiger partial charge in [-0.1, -0.05) is 31.0 Å². The van der Waals surface area contributed by atoms with E-state index >= 15 is 0 Å².